The predicted octanol–water partition coefficient (Wildman–Crippen LogP) is 3.10. The second-order valence-electron chi connectivity index (χ2n) is 8.25. The van der Waals surface area contributed by atoms with E-state index in [4.69, 9.17) is 20.3 Å². The molecule has 0 amide bonds. The molecule has 3 heterocycles. The number of fused-ring (bicyclic) bond motifs is 1. The summed E-state index contributed by atoms with van der Waals surface area (Å²) in [6.07, 6.45) is 10.0. The van der Waals surface area contributed by atoms with Gasteiger partial charge in [-0.1, -0.05) is 36.4 Å². The first-order chi connectivity index (χ1) is 15.1. The molecule has 1 aliphatic heterocycles. The van der Waals surface area contributed by atoms with Crippen molar-refractivity contribution < 1.29 is 9.59 Å². The molecule has 0 radical (unpaired) electrons. The molecule has 1 saturated heterocycles. The maximum absolute atomic E-state index is 8.12. The Kier molecular flexibility index (Phi) is 6.36. The first-order valence-electron chi connectivity index (χ1n) is 10.5. The second-order valence-corrected chi connectivity index (χ2v) is 9.33. The van der Waals surface area contributed by atoms with Crippen LogP contribution in [0.3, 0.4) is 0 Å². The van der Waals surface area contributed by atoms with E-state index >= 15 is 0 Å². The molecule has 5 rings (SSSR count). The van der Waals surface area contributed by atoms with Gasteiger partial charge in [-0.05, 0) is 49.7 Å². The summed E-state index contributed by atoms with van der Waals surface area (Å²) in [5.74, 6) is 0.940. The van der Waals surface area contributed by atoms with E-state index in [1.54, 1.807) is 18.1 Å². The standard InChI is InChI=1S/C21H26N6S.CO2/c1-15-5-2-3-6-16(15)28-17-13-23-20(27-14-24-25-19(17)27)26-11-9-21(10-12-26)8-4-7-18(21)22;2-1-3/h2-3,5-6,13-14,18H,4,7-12,22H2,1H3;/t18-;/m1./s1. The number of rotatable bonds is 3. The zero-order chi connectivity index (χ0) is 21.8. The van der Waals surface area contributed by atoms with Crippen molar-refractivity contribution in [3.05, 3.63) is 42.4 Å². The highest BCUT2D eigenvalue weighted by atomic mass is 32.2. The van der Waals surface area contributed by atoms with Gasteiger partial charge in [0.05, 0.1) is 4.90 Å². The highest BCUT2D eigenvalue weighted by Gasteiger charge is 2.43. The Morgan fingerprint density at radius 2 is 1.90 bits per heavy atom. The van der Waals surface area contributed by atoms with Crippen molar-refractivity contribution in [2.45, 2.75) is 54.9 Å². The lowest BCUT2D eigenvalue weighted by molar-refractivity contribution is -0.191. The van der Waals surface area contributed by atoms with Gasteiger partial charge in [-0.15, -0.1) is 10.2 Å². The lowest BCUT2D eigenvalue weighted by Gasteiger charge is -2.42. The number of anilines is 1. The third kappa shape index (κ3) is 4.21. The van der Waals surface area contributed by atoms with E-state index in [1.807, 2.05) is 10.6 Å². The summed E-state index contributed by atoms with van der Waals surface area (Å²) in [7, 11) is 0. The van der Waals surface area contributed by atoms with E-state index in [1.165, 1.54) is 29.7 Å². The molecule has 3 aromatic rings. The summed E-state index contributed by atoms with van der Waals surface area (Å²) in [5.41, 5.74) is 8.92. The molecule has 162 valence electrons. The second kappa shape index (κ2) is 9.18. The molecule has 8 nitrogen and oxygen atoms in total. The van der Waals surface area contributed by atoms with E-state index in [0.717, 1.165) is 42.4 Å². The molecule has 1 atom stereocenters. The highest BCUT2D eigenvalue weighted by Crippen LogP contribution is 2.46. The molecule has 1 saturated carbocycles. The Balaban J connectivity index is 0.000000730. The van der Waals surface area contributed by atoms with Crippen LogP contribution in [0.5, 0.6) is 0 Å². The van der Waals surface area contributed by atoms with Crippen molar-refractivity contribution in [1.29, 1.82) is 0 Å². The molecule has 1 aliphatic carbocycles. The van der Waals surface area contributed by atoms with Gasteiger partial charge in [0.1, 0.15) is 6.33 Å². The van der Waals surface area contributed by atoms with E-state index < -0.39 is 0 Å². The van der Waals surface area contributed by atoms with Crippen LogP contribution in [0.2, 0.25) is 0 Å². The lowest BCUT2D eigenvalue weighted by atomic mass is 9.74. The third-order valence-corrected chi connectivity index (χ3v) is 7.80. The number of hydrogen-bond donors (Lipinski definition) is 1. The fourth-order valence-electron chi connectivity index (χ4n) is 4.82. The monoisotopic (exact) mass is 438 g/mol. The number of aromatic nitrogens is 4. The van der Waals surface area contributed by atoms with Crippen molar-refractivity contribution in [1.82, 2.24) is 19.6 Å². The van der Waals surface area contributed by atoms with Gasteiger partial charge in [-0.25, -0.2) is 9.38 Å². The maximum Gasteiger partial charge on any atom is 0.373 e. The minimum absolute atomic E-state index is 0.250. The molecule has 1 aromatic carbocycles. The van der Waals surface area contributed by atoms with Gasteiger partial charge in [0.25, 0.3) is 0 Å². The first-order valence-corrected chi connectivity index (χ1v) is 11.3. The highest BCUT2D eigenvalue weighted by molar-refractivity contribution is 7.99. The van der Waals surface area contributed by atoms with Crippen molar-refractivity contribution in [3.8, 4) is 0 Å². The van der Waals surface area contributed by atoms with E-state index in [0.29, 0.717) is 11.5 Å². The Labute approximate surface area is 185 Å². The minimum atomic E-state index is 0.250. The molecular weight excluding hydrogens is 412 g/mol. The molecule has 9 heteroatoms. The smallest absolute Gasteiger partial charge is 0.342 e. The number of aryl methyl sites for hydroxylation is 1. The van der Waals surface area contributed by atoms with E-state index in [9.17, 15) is 0 Å². The number of benzene rings is 1. The lowest BCUT2D eigenvalue weighted by Crippen LogP contribution is -2.47. The van der Waals surface area contributed by atoms with E-state index in [2.05, 4.69) is 46.3 Å². The molecule has 0 unspecified atom stereocenters. The first kappa shape index (κ1) is 21.5. The number of nitrogens with two attached hydrogens (primary N) is 1. The number of nitrogens with zero attached hydrogens (tertiary/aromatic N) is 5. The van der Waals surface area contributed by atoms with Gasteiger partial charge < -0.3 is 10.6 Å². The summed E-state index contributed by atoms with van der Waals surface area (Å²) >= 11 is 1.70. The molecule has 0 bridgehead atoms. The predicted molar refractivity (Wildman–Crippen MR) is 117 cm³/mol. The van der Waals surface area contributed by atoms with Crippen LogP contribution in [0.25, 0.3) is 5.65 Å². The summed E-state index contributed by atoms with van der Waals surface area (Å²) in [6.45, 7) is 4.12. The van der Waals surface area contributed by atoms with Crippen LogP contribution in [0, 0.1) is 12.3 Å². The van der Waals surface area contributed by atoms with Crippen LogP contribution in [0.4, 0.5) is 5.95 Å². The van der Waals surface area contributed by atoms with Crippen LogP contribution in [0.15, 0.2) is 46.6 Å². The molecule has 2 aliphatic rings. The Bertz CT molecular complexity index is 1090. The Hall–Kier alpha value is -2.74. The SMILES string of the molecule is Cc1ccccc1Sc1cnc(N2CCC3(CCC[C@H]3N)CC2)n2cnnc12.O=C=O. The van der Waals surface area contributed by atoms with Crippen LogP contribution in [0.1, 0.15) is 37.7 Å². The van der Waals surface area contributed by atoms with Gasteiger partial charge in [0.15, 0.2) is 5.65 Å². The van der Waals surface area contributed by atoms with Crippen molar-refractivity contribution >= 4 is 29.5 Å². The zero-order valence-electron chi connectivity index (χ0n) is 17.5. The summed E-state index contributed by atoms with van der Waals surface area (Å²) in [6, 6.07) is 8.76. The molecular formula is C22H26N6O2S. The van der Waals surface area contributed by atoms with Gasteiger partial charge in [0.2, 0.25) is 5.95 Å². The Morgan fingerprint density at radius 3 is 2.58 bits per heavy atom. The van der Waals surface area contributed by atoms with Gasteiger partial charge in [-0.2, -0.15) is 9.59 Å². The van der Waals surface area contributed by atoms with Crippen LogP contribution >= 0.6 is 11.8 Å². The largest absolute Gasteiger partial charge is 0.373 e. The van der Waals surface area contributed by atoms with Gasteiger partial charge in [0, 0.05) is 30.2 Å². The van der Waals surface area contributed by atoms with Crippen LogP contribution in [-0.4, -0.2) is 44.9 Å². The van der Waals surface area contributed by atoms with Gasteiger partial charge in [-0.3, -0.25) is 0 Å². The molecule has 31 heavy (non-hydrogen) atoms. The number of carbonyl (C=O) groups excluding carboxylic acids is 2. The number of piperidine rings is 1. The summed E-state index contributed by atoms with van der Waals surface area (Å²) in [4.78, 5) is 25.7. The van der Waals surface area contributed by atoms with Crippen molar-refractivity contribution in [2.24, 2.45) is 11.1 Å². The summed E-state index contributed by atoms with van der Waals surface area (Å²) in [5, 5.41) is 8.57. The number of hydrogen-bond acceptors (Lipinski definition) is 8. The van der Waals surface area contributed by atoms with Gasteiger partial charge >= 0.3 is 6.15 Å². The topological polar surface area (TPSA) is 106 Å². The van der Waals surface area contributed by atoms with Crippen LogP contribution < -0.4 is 10.6 Å². The van der Waals surface area contributed by atoms with Crippen LogP contribution in [-0.2, 0) is 9.59 Å². The van der Waals surface area contributed by atoms with Crippen molar-refractivity contribution in [3.63, 3.8) is 0 Å². The van der Waals surface area contributed by atoms with E-state index in [-0.39, 0.29) is 6.15 Å². The van der Waals surface area contributed by atoms with Crippen molar-refractivity contribution in [2.75, 3.05) is 18.0 Å². The minimum Gasteiger partial charge on any atom is -0.342 e. The molecule has 2 aromatic heterocycles. The summed E-state index contributed by atoms with van der Waals surface area (Å²) < 4.78 is 2.03. The average Bonchev–Trinajstić information content (AvgIpc) is 3.39. The third-order valence-electron chi connectivity index (χ3n) is 6.61. The molecule has 1 spiro atoms. The molecule has 2 N–H and O–H groups in total. The quantitative estimate of drug-likeness (QED) is 0.665. The average molecular weight is 439 g/mol. The normalized spacial score (nSPS) is 19.8. The fraction of sp³-hybridized carbons (Fsp3) is 0.455. The fourth-order valence-corrected chi connectivity index (χ4v) is 5.77. The Morgan fingerprint density at radius 1 is 1.16 bits per heavy atom. The molecule has 2 fully saturated rings. The maximum atomic E-state index is 8.12. The zero-order valence-corrected chi connectivity index (χ0v) is 18.3.